The number of methoxy groups -OCH3 is 1. The third kappa shape index (κ3) is 4.32. The van der Waals surface area contributed by atoms with Crippen molar-refractivity contribution in [3.63, 3.8) is 0 Å². The highest BCUT2D eigenvalue weighted by molar-refractivity contribution is 6.30. The Kier molecular flexibility index (Phi) is 5.74. The number of pyridine rings is 1. The van der Waals surface area contributed by atoms with Gasteiger partial charge in [-0.15, -0.1) is 5.10 Å². The molecule has 1 N–H and O–H groups in total. The first-order valence-electron chi connectivity index (χ1n) is 8.25. The average Bonchev–Trinajstić information content (AvgIpc) is 2.68. The van der Waals surface area contributed by atoms with Gasteiger partial charge in [-0.3, -0.25) is 14.6 Å². The molecule has 2 heterocycles. The molecule has 0 aliphatic rings. The van der Waals surface area contributed by atoms with E-state index in [1.54, 1.807) is 0 Å². The number of nitrogens with one attached hydrogen (secondary N) is 1. The molecule has 0 radical (unpaired) electrons. The number of ether oxygens (including phenoxy) is 1. The highest BCUT2D eigenvalue weighted by Gasteiger charge is 2.16. The minimum absolute atomic E-state index is 0.0772. The van der Waals surface area contributed by atoms with Gasteiger partial charge in [-0.1, -0.05) is 17.7 Å². The molecule has 11 heteroatoms. The van der Waals surface area contributed by atoms with Crippen molar-refractivity contribution < 1.29 is 13.9 Å². The van der Waals surface area contributed by atoms with Crippen LogP contribution >= 0.6 is 11.6 Å². The highest BCUT2D eigenvalue weighted by Crippen LogP contribution is 2.16. The summed E-state index contributed by atoms with van der Waals surface area (Å²) in [4.78, 5) is 40.7. The lowest BCUT2D eigenvalue weighted by Crippen LogP contribution is -2.41. The number of anilines is 1. The van der Waals surface area contributed by atoms with Gasteiger partial charge in [-0.2, -0.15) is 4.68 Å². The van der Waals surface area contributed by atoms with Crippen LogP contribution in [0.15, 0.2) is 46.2 Å². The van der Waals surface area contributed by atoms with E-state index in [0.29, 0.717) is 11.3 Å². The van der Waals surface area contributed by atoms with Crippen LogP contribution in [-0.2, 0) is 11.3 Å². The van der Waals surface area contributed by atoms with E-state index >= 15 is 0 Å². The first-order valence-corrected chi connectivity index (χ1v) is 8.63. The molecular formula is C18H15ClFN5O4. The van der Waals surface area contributed by atoms with Crippen LogP contribution in [0.25, 0.3) is 5.69 Å². The Balaban J connectivity index is 2.14. The van der Waals surface area contributed by atoms with E-state index in [4.69, 9.17) is 16.3 Å². The van der Waals surface area contributed by atoms with E-state index in [2.05, 4.69) is 15.4 Å². The lowest BCUT2D eigenvalue weighted by atomic mass is 10.2. The fourth-order valence-electron chi connectivity index (χ4n) is 2.56. The number of aromatic nitrogens is 4. The summed E-state index contributed by atoms with van der Waals surface area (Å²) in [5, 5.41) is 6.38. The normalized spacial score (nSPS) is 10.6. The van der Waals surface area contributed by atoms with Crippen molar-refractivity contribution in [1.82, 2.24) is 19.3 Å². The monoisotopic (exact) mass is 419 g/mol. The van der Waals surface area contributed by atoms with Crippen LogP contribution in [0.2, 0.25) is 5.02 Å². The summed E-state index contributed by atoms with van der Waals surface area (Å²) in [5.41, 5.74) is -0.713. The molecule has 0 unspecified atom stereocenters. The third-order valence-corrected chi connectivity index (χ3v) is 4.14. The Morgan fingerprint density at radius 3 is 2.69 bits per heavy atom. The zero-order chi connectivity index (χ0) is 21.1. The second-order valence-corrected chi connectivity index (χ2v) is 6.36. The molecule has 0 spiro atoms. The van der Waals surface area contributed by atoms with Crippen molar-refractivity contribution in [3.8, 4) is 11.6 Å². The Morgan fingerprint density at radius 2 is 2.03 bits per heavy atom. The molecule has 150 valence electrons. The summed E-state index contributed by atoms with van der Waals surface area (Å²) in [6.07, 6.45) is 2.72. The molecule has 0 atom stereocenters. The van der Waals surface area contributed by atoms with E-state index in [-0.39, 0.29) is 29.0 Å². The second kappa shape index (κ2) is 8.23. The van der Waals surface area contributed by atoms with Gasteiger partial charge in [0, 0.05) is 6.92 Å². The SMILES string of the molecule is COc1nn(-c2cncc(NC(C)=O)c2)c(=O)n(Cc2ccc(Cl)c(F)c2)c1=O. The van der Waals surface area contributed by atoms with Crippen LogP contribution in [0.5, 0.6) is 5.88 Å². The van der Waals surface area contributed by atoms with Gasteiger partial charge in [-0.05, 0) is 23.8 Å². The van der Waals surface area contributed by atoms with Gasteiger partial charge in [0.1, 0.15) is 5.82 Å². The summed E-state index contributed by atoms with van der Waals surface area (Å²) in [7, 11) is 1.23. The molecule has 0 saturated heterocycles. The molecular weight excluding hydrogens is 405 g/mol. The summed E-state index contributed by atoms with van der Waals surface area (Å²) >= 11 is 5.67. The lowest BCUT2D eigenvalue weighted by Gasteiger charge is -2.12. The minimum Gasteiger partial charge on any atom is -0.476 e. The van der Waals surface area contributed by atoms with Crippen molar-refractivity contribution in [1.29, 1.82) is 0 Å². The van der Waals surface area contributed by atoms with Crippen molar-refractivity contribution >= 4 is 23.2 Å². The largest absolute Gasteiger partial charge is 0.476 e. The summed E-state index contributed by atoms with van der Waals surface area (Å²) in [6.45, 7) is 1.09. The van der Waals surface area contributed by atoms with E-state index in [1.165, 1.54) is 44.6 Å². The molecule has 0 fully saturated rings. The fourth-order valence-corrected chi connectivity index (χ4v) is 2.68. The van der Waals surface area contributed by atoms with Gasteiger partial charge < -0.3 is 10.1 Å². The maximum Gasteiger partial charge on any atom is 0.352 e. The Hall–Kier alpha value is -3.53. The van der Waals surface area contributed by atoms with Gasteiger partial charge in [0.2, 0.25) is 5.91 Å². The number of nitrogens with zero attached hydrogens (tertiary/aromatic N) is 4. The summed E-state index contributed by atoms with van der Waals surface area (Å²) in [6, 6.07) is 5.41. The molecule has 1 aromatic carbocycles. The van der Waals surface area contributed by atoms with Crippen LogP contribution in [0, 0.1) is 5.82 Å². The van der Waals surface area contributed by atoms with Gasteiger partial charge in [0.15, 0.2) is 0 Å². The van der Waals surface area contributed by atoms with Crippen molar-refractivity contribution in [2.24, 2.45) is 0 Å². The van der Waals surface area contributed by atoms with Gasteiger partial charge in [0.05, 0.1) is 42.4 Å². The van der Waals surface area contributed by atoms with Crippen LogP contribution in [0.4, 0.5) is 10.1 Å². The summed E-state index contributed by atoms with van der Waals surface area (Å²) < 4.78 is 20.5. The molecule has 0 aliphatic carbocycles. The van der Waals surface area contributed by atoms with E-state index in [0.717, 1.165) is 15.3 Å². The predicted molar refractivity (Wildman–Crippen MR) is 103 cm³/mol. The molecule has 3 aromatic rings. The molecule has 0 bridgehead atoms. The van der Waals surface area contributed by atoms with Gasteiger partial charge in [-0.25, -0.2) is 13.8 Å². The Bertz CT molecular complexity index is 1210. The number of benzene rings is 1. The predicted octanol–water partition coefficient (Wildman–Crippen LogP) is 1.60. The van der Waals surface area contributed by atoms with Crippen molar-refractivity contribution in [2.75, 3.05) is 12.4 Å². The molecule has 29 heavy (non-hydrogen) atoms. The zero-order valence-corrected chi connectivity index (χ0v) is 16.1. The fraction of sp³-hybridized carbons (Fsp3) is 0.167. The maximum absolute atomic E-state index is 13.7. The van der Waals surface area contributed by atoms with Crippen LogP contribution in [0.1, 0.15) is 12.5 Å². The standard InChI is InChI=1S/C18H15ClFN5O4/c1-10(26)22-12-6-13(8-21-7-12)25-18(28)24(17(27)16(23-25)29-2)9-11-3-4-14(19)15(20)5-11/h3-8H,9H2,1-2H3,(H,22,26). The van der Waals surface area contributed by atoms with E-state index in [9.17, 15) is 18.8 Å². The van der Waals surface area contributed by atoms with Crippen molar-refractivity contribution in [2.45, 2.75) is 13.5 Å². The third-order valence-electron chi connectivity index (χ3n) is 3.84. The lowest BCUT2D eigenvalue weighted by molar-refractivity contribution is -0.114. The van der Waals surface area contributed by atoms with E-state index < -0.39 is 17.1 Å². The maximum atomic E-state index is 13.7. The zero-order valence-electron chi connectivity index (χ0n) is 15.3. The van der Waals surface area contributed by atoms with Gasteiger partial charge >= 0.3 is 11.2 Å². The summed E-state index contributed by atoms with van der Waals surface area (Å²) in [5.74, 6) is -1.34. The highest BCUT2D eigenvalue weighted by atomic mass is 35.5. The number of carbonyl (C=O) groups excluding carboxylic acids is 1. The quantitative estimate of drug-likeness (QED) is 0.673. The first kappa shape index (κ1) is 20.2. The number of halogens is 2. The van der Waals surface area contributed by atoms with Crippen molar-refractivity contribution in [3.05, 3.63) is 73.9 Å². The number of amides is 1. The number of rotatable bonds is 5. The molecule has 9 nitrogen and oxygen atoms in total. The molecule has 2 aromatic heterocycles. The van der Waals surface area contributed by atoms with Gasteiger partial charge in [0.25, 0.3) is 5.88 Å². The number of hydrogen-bond acceptors (Lipinski definition) is 6. The number of carbonyl (C=O) groups is 1. The first-order chi connectivity index (χ1) is 13.8. The molecule has 3 rings (SSSR count). The smallest absolute Gasteiger partial charge is 0.352 e. The second-order valence-electron chi connectivity index (χ2n) is 5.96. The van der Waals surface area contributed by atoms with Crippen LogP contribution in [-0.4, -0.2) is 32.3 Å². The average molecular weight is 420 g/mol. The Labute approximate surface area is 168 Å². The van der Waals surface area contributed by atoms with E-state index in [1.807, 2.05) is 0 Å². The Morgan fingerprint density at radius 1 is 1.28 bits per heavy atom. The van der Waals surface area contributed by atoms with Crippen LogP contribution in [0.3, 0.4) is 0 Å². The number of hydrogen-bond donors (Lipinski definition) is 1. The molecule has 0 saturated carbocycles. The van der Waals surface area contributed by atoms with Crippen LogP contribution < -0.4 is 21.3 Å². The minimum atomic E-state index is -0.798. The topological polar surface area (TPSA) is 108 Å². The molecule has 1 amide bonds. The molecule has 0 aliphatic heterocycles.